The third-order valence-corrected chi connectivity index (χ3v) is 4.04. The van der Waals surface area contributed by atoms with Gasteiger partial charge in [-0.25, -0.2) is 0 Å². The number of hydrogen-bond acceptors (Lipinski definition) is 1. The van der Waals surface area contributed by atoms with E-state index in [9.17, 15) is 4.79 Å². The number of carbonyl (C=O) groups excluding carboxylic acids is 1. The first-order valence-electron chi connectivity index (χ1n) is 4.61. The minimum atomic E-state index is 0.310. The Morgan fingerprint density at radius 2 is 2.09 bits per heavy atom. The summed E-state index contributed by atoms with van der Waals surface area (Å²) in [5.74, 6) is 1.93. The van der Waals surface area contributed by atoms with Crippen LogP contribution < -0.4 is 0 Å². The van der Waals surface area contributed by atoms with E-state index in [1.54, 1.807) is 0 Å². The Kier molecular flexibility index (Phi) is 1.39. The van der Waals surface area contributed by atoms with E-state index >= 15 is 0 Å². The molecule has 0 amide bonds. The van der Waals surface area contributed by atoms with Crippen LogP contribution in [-0.4, -0.2) is 6.29 Å². The van der Waals surface area contributed by atoms with Gasteiger partial charge >= 0.3 is 0 Å². The van der Waals surface area contributed by atoms with Gasteiger partial charge in [0.15, 0.2) is 0 Å². The number of carbonyl (C=O) groups is 1. The summed E-state index contributed by atoms with van der Waals surface area (Å²) < 4.78 is 0. The number of rotatable bonds is 1. The standard InChI is InChI=1S/C10H16O/c1-10(2)8-4-3-7(5-8)9(10)6-11/h6-9H,3-5H2,1-2H3/t7-,8+,9-/m0/s1. The zero-order valence-electron chi connectivity index (χ0n) is 7.34. The Morgan fingerprint density at radius 1 is 1.36 bits per heavy atom. The van der Waals surface area contributed by atoms with E-state index in [1.165, 1.54) is 25.5 Å². The van der Waals surface area contributed by atoms with Gasteiger partial charge in [-0.05, 0) is 36.5 Å². The summed E-state index contributed by atoms with van der Waals surface area (Å²) >= 11 is 0. The lowest BCUT2D eigenvalue weighted by Crippen LogP contribution is -2.31. The highest BCUT2D eigenvalue weighted by atomic mass is 16.1. The lowest BCUT2D eigenvalue weighted by molar-refractivity contribution is -0.116. The Labute approximate surface area is 68.2 Å². The maximum atomic E-state index is 10.8. The summed E-state index contributed by atoms with van der Waals surface area (Å²) in [7, 11) is 0. The first-order chi connectivity index (χ1) is 5.16. The van der Waals surface area contributed by atoms with Gasteiger partial charge in [-0.2, -0.15) is 0 Å². The third-order valence-electron chi connectivity index (χ3n) is 4.04. The Bertz CT molecular complexity index is 183. The molecule has 0 saturated heterocycles. The summed E-state index contributed by atoms with van der Waals surface area (Å²) in [6.07, 6.45) is 5.18. The van der Waals surface area contributed by atoms with E-state index in [2.05, 4.69) is 13.8 Å². The molecule has 0 radical (unpaired) electrons. The molecule has 62 valence electrons. The smallest absolute Gasteiger partial charge is 0.123 e. The molecule has 0 N–H and O–H groups in total. The minimum absolute atomic E-state index is 0.310. The van der Waals surface area contributed by atoms with E-state index in [4.69, 9.17) is 0 Å². The molecular formula is C10H16O. The number of hydrogen-bond donors (Lipinski definition) is 0. The molecule has 0 aromatic carbocycles. The van der Waals surface area contributed by atoms with Crippen molar-refractivity contribution in [1.82, 2.24) is 0 Å². The first kappa shape index (κ1) is 7.33. The molecule has 3 atom stereocenters. The van der Waals surface area contributed by atoms with Gasteiger partial charge < -0.3 is 4.79 Å². The van der Waals surface area contributed by atoms with Crippen molar-refractivity contribution >= 4 is 6.29 Å². The van der Waals surface area contributed by atoms with Crippen LogP contribution in [0.2, 0.25) is 0 Å². The fourth-order valence-electron chi connectivity index (χ4n) is 3.18. The predicted molar refractivity (Wildman–Crippen MR) is 44.2 cm³/mol. The molecule has 11 heavy (non-hydrogen) atoms. The van der Waals surface area contributed by atoms with Crippen LogP contribution in [0, 0.1) is 23.2 Å². The van der Waals surface area contributed by atoms with E-state index in [0.29, 0.717) is 11.3 Å². The topological polar surface area (TPSA) is 17.1 Å². The lowest BCUT2D eigenvalue weighted by atomic mass is 9.69. The van der Waals surface area contributed by atoms with Crippen LogP contribution in [0.3, 0.4) is 0 Å². The van der Waals surface area contributed by atoms with Crippen molar-refractivity contribution < 1.29 is 4.79 Å². The first-order valence-corrected chi connectivity index (χ1v) is 4.61. The Morgan fingerprint density at radius 3 is 2.45 bits per heavy atom. The fraction of sp³-hybridized carbons (Fsp3) is 0.900. The van der Waals surface area contributed by atoms with Gasteiger partial charge in [-0.3, -0.25) is 0 Å². The quantitative estimate of drug-likeness (QED) is 0.527. The summed E-state index contributed by atoms with van der Waals surface area (Å²) in [5, 5.41) is 0. The zero-order valence-corrected chi connectivity index (χ0v) is 7.34. The van der Waals surface area contributed by atoms with E-state index in [0.717, 1.165) is 11.8 Å². The van der Waals surface area contributed by atoms with Crippen LogP contribution in [0.25, 0.3) is 0 Å². The second-order valence-corrected chi connectivity index (χ2v) is 4.75. The molecule has 2 aliphatic rings. The highest BCUT2D eigenvalue weighted by molar-refractivity contribution is 5.57. The molecule has 1 nitrogen and oxygen atoms in total. The molecule has 0 spiro atoms. The van der Waals surface area contributed by atoms with Crippen LogP contribution in [0.15, 0.2) is 0 Å². The van der Waals surface area contributed by atoms with Crippen molar-refractivity contribution in [1.29, 1.82) is 0 Å². The maximum Gasteiger partial charge on any atom is 0.123 e. The van der Waals surface area contributed by atoms with Gasteiger partial charge in [0.1, 0.15) is 6.29 Å². The SMILES string of the molecule is CC1(C)[C@@H]2CC[C@@H](C2)[C@@H]1C=O. The highest BCUT2D eigenvalue weighted by Gasteiger charge is 2.52. The van der Waals surface area contributed by atoms with Crippen molar-refractivity contribution in [2.24, 2.45) is 23.2 Å². The van der Waals surface area contributed by atoms with Gasteiger partial charge in [0.25, 0.3) is 0 Å². The van der Waals surface area contributed by atoms with Crippen LogP contribution in [0.1, 0.15) is 33.1 Å². The van der Waals surface area contributed by atoms with Crippen LogP contribution in [-0.2, 0) is 4.79 Å². The summed E-state index contributed by atoms with van der Waals surface area (Å²) in [6.45, 7) is 4.52. The third kappa shape index (κ3) is 0.800. The molecule has 0 heterocycles. The molecule has 2 aliphatic carbocycles. The van der Waals surface area contributed by atoms with E-state index < -0.39 is 0 Å². The van der Waals surface area contributed by atoms with Crippen molar-refractivity contribution in [2.45, 2.75) is 33.1 Å². The molecule has 0 unspecified atom stereocenters. The lowest BCUT2D eigenvalue weighted by Gasteiger charge is -2.34. The molecule has 0 aromatic rings. The average Bonchev–Trinajstić information content (AvgIpc) is 2.44. The van der Waals surface area contributed by atoms with Gasteiger partial charge in [-0.15, -0.1) is 0 Å². The molecule has 2 saturated carbocycles. The molecular weight excluding hydrogens is 136 g/mol. The molecule has 2 bridgehead atoms. The van der Waals surface area contributed by atoms with Gasteiger partial charge in [-0.1, -0.05) is 13.8 Å². The maximum absolute atomic E-state index is 10.8. The normalized spacial score (nSPS) is 46.2. The largest absolute Gasteiger partial charge is 0.303 e. The van der Waals surface area contributed by atoms with Crippen LogP contribution in [0.4, 0.5) is 0 Å². The minimum Gasteiger partial charge on any atom is -0.303 e. The number of fused-ring (bicyclic) bond motifs is 2. The monoisotopic (exact) mass is 152 g/mol. The molecule has 0 aliphatic heterocycles. The van der Waals surface area contributed by atoms with Gasteiger partial charge in [0.2, 0.25) is 0 Å². The molecule has 2 rings (SSSR count). The summed E-state index contributed by atoms with van der Waals surface area (Å²) in [5.41, 5.74) is 0.310. The molecule has 2 fully saturated rings. The van der Waals surface area contributed by atoms with Crippen molar-refractivity contribution in [3.8, 4) is 0 Å². The van der Waals surface area contributed by atoms with Crippen LogP contribution >= 0.6 is 0 Å². The summed E-state index contributed by atoms with van der Waals surface area (Å²) in [6, 6.07) is 0. The fourth-order valence-corrected chi connectivity index (χ4v) is 3.18. The molecule has 1 heteroatoms. The van der Waals surface area contributed by atoms with Crippen LogP contribution in [0.5, 0.6) is 0 Å². The Balaban J connectivity index is 2.27. The second-order valence-electron chi connectivity index (χ2n) is 4.75. The second kappa shape index (κ2) is 2.09. The van der Waals surface area contributed by atoms with Crippen molar-refractivity contribution in [2.75, 3.05) is 0 Å². The van der Waals surface area contributed by atoms with E-state index in [1.807, 2.05) is 0 Å². The highest BCUT2D eigenvalue weighted by Crippen LogP contribution is 2.58. The summed E-state index contributed by atoms with van der Waals surface area (Å²) in [4.78, 5) is 10.8. The van der Waals surface area contributed by atoms with Gasteiger partial charge in [0, 0.05) is 5.92 Å². The number of aldehydes is 1. The average molecular weight is 152 g/mol. The predicted octanol–water partition coefficient (Wildman–Crippen LogP) is 2.26. The van der Waals surface area contributed by atoms with Crippen molar-refractivity contribution in [3.63, 3.8) is 0 Å². The molecule has 0 aromatic heterocycles. The van der Waals surface area contributed by atoms with Crippen molar-refractivity contribution in [3.05, 3.63) is 0 Å². The van der Waals surface area contributed by atoms with E-state index in [-0.39, 0.29) is 0 Å². The zero-order chi connectivity index (χ0) is 8.06. The van der Waals surface area contributed by atoms with Gasteiger partial charge in [0.05, 0.1) is 0 Å². The Hall–Kier alpha value is -0.330.